The minimum absolute atomic E-state index is 0.0348. The number of H-pyrrole nitrogens is 1. The molecule has 0 saturated heterocycles. The highest BCUT2D eigenvalue weighted by Crippen LogP contribution is 2.34. The molecule has 4 aromatic rings. The van der Waals surface area contributed by atoms with Crippen molar-refractivity contribution in [1.82, 2.24) is 14.5 Å². The molecule has 3 N–H and O–H groups in total. The van der Waals surface area contributed by atoms with E-state index >= 15 is 0 Å². The van der Waals surface area contributed by atoms with Crippen molar-refractivity contribution in [1.29, 1.82) is 0 Å². The molecule has 1 unspecified atom stereocenters. The van der Waals surface area contributed by atoms with Crippen molar-refractivity contribution in [3.05, 3.63) is 54.0 Å². The molecule has 0 spiro atoms. The Morgan fingerprint density at radius 1 is 1.18 bits per heavy atom. The summed E-state index contributed by atoms with van der Waals surface area (Å²) < 4.78 is 50.4. The smallest absolute Gasteiger partial charge is 0.391 e. The number of amides is 1. The lowest BCUT2D eigenvalue weighted by Crippen LogP contribution is -2.23. The molecule has 0 aliphatic rings. The summed E-state index contributed by atoms with van der Waals surface area (Å²) in [6.07, 6.45) is -1.50. The number of para-hydroxylation sites is 1. The monoisotopic (exact) mass is 545 g/mol. The molecule has 12 heteroatoms. The Balaban J connectivity index is 1.77. The molecule has 0 bridgehead atoms. The highest BCUT2D eigenvalue weighted by atomic mass is 19.4. The fourth-order valence-electron chi connectivity index (χ4n) is 4.61. The second-order valence-corrected chi connectivity index (χ2v) is 9.23. The van der Waals surface area contributed by atoms with Gasteiger partial charge in [0.2, 0.25) is 5.91 Å². The van der Waals surface area contributed by atoms with Crippen LogP contribution in [0.3, 0.4) is 0 Å². The van der Waals surface area contributed by atoms with Gasteiger partial charge in [-0.05, 0) is 31.0 Å². The maximum atomic E-state index is 13.0. The lowest BCUT2D eigenvalue weighted by Gasteiger charge is -2.17. The fraction of sp³-hybridized carbons (Fsp3) is 0.370. The Bertz CT molecular complexity index is 1480. The van der Waals surface area contributed by atoms with Gasteiger partial charge in [-0.3, -0.25) is 4.79 Å². The summed E-state index contributed by atoms with van der Waals surface area (Å²) in [7, 11) is 2.70. The summed E-state index contributed by atoms with van der Waals surface area (Å²) in [5, 5.41) is 7.01. The number of pyridine rings is 1. The van der Waals surface area contributed by atoms with Crippen LogP contribution >= 0.6 is 0 Å². The molecule has 0 saturated carbocycles. The SMILES string of the molecule is COCCC(=O)Nc1c(C(=O)OC)n(CCc2c[nH]c3ccccc23)c2ncc(NC(C)CC(F)(F)F)cc12. The molecule has 4 rings (SSSR count). The van der Waals surface area contributed by atoms with Gasteiger partial charge in [0.05, 0.1) is 44.1 Å². The molecular formula is C27H30F3N5O4. The first-order chi connectivity index (χ1) is 18.6. The summed E-state index contributed by atoms with van der Waals surface area (Å²) in [6.45, 7) is 1.90. The number of nitrogens with one attached hydrogen (secondary N) is 3. The van der Waals surface area contributed by atoms with Crippen LogP contribution in [0.25, 0.3) is 21.9 Å². The van der Waals surface area contributed by atoms with E-state index in [1.54, 1.807) is 10.6 Å². The second kappa shape index (κ2) is 11.8. The number of carbonyl (C=O) groups is 2. The van der Waals surface area contributed by atoms with Crippen molar-refractivity contribution < 1.29 is 32.2 Å². The van der Waals surface area contributed by atoms with Crippen LogP contribution in [0.1, 0.15) is 35.8 Å². The van der Waals surface area contributed by atoms with E-state index in [-0.39, 0.29) is 24.4 Å². The molecule has 3 aromatic heterocycles. The quantitative estimate of drug-likeness (QED) is 0.222. The van der Waals surface area contributed by atoms with Crippen molar-refractivity contribution in [3.8, 4) is 0 Å². The average molecular weight is 546 g/mol. The number of hydrogen-bond donors (Lipinski definition) is 3. The van der Waals surface area contributed by atoms with Gasteiger partial charge < -0.3 is 29.7 Å². The number of ether oxygens (including phenoxy) is 2. The molecule has 208 valence electrons. The highest BCUT2D eigenvalue weighted by Gasteiger charge is 2.30. The Morgan fingerprint density at radius 2 is 1.95 bits per heavy atom. The standard InChI is InChI=1S/C27H30F3N5O4/c1-16(13-27(28,29)30)33-18-12-20-23(34-22(36)9-11-38-2)24(26(37)39-3)35(25(20)32-15-18)10-8-17-14-31-21-7-5-4-6-19(17)21/h4-7,12,14-16,31,33H,8-11,13H2,1-3H3,(H,34,36). The van der Waals surface area contributed by atoms with Gasteiger partial charge in [-0.1, -0.05) is 18.2 Å². The molecule has 0 fully saturated rings. The molecular weight excluding hydrogens is 515 g/mol. The van der Waals surface area contributed by atoms with E-state index in [0.717, 1.165) is 16.5 Å². The van der Waals surface area contributed by atoms with E-state index in [0.29, 0.717) is 29.7 Å². The number of hydrogen-bond acceptors (Lipinski definition) is 6. The third kappa shape index (κ3) is 6.51. The number of nitrogens with zero attached hydrogens (tertiary/aromatic N) is 2. The second-order valence-electron chi connectivity index (χ2n) is 9.23. The number of rotatable bonds is 11. The van der Waals surface area contributed by atoms with Crippen LogP contribution in [0.2, 0.25) is 0 Å². The lowest BCUT2D eigenvalue weighted by atomic mass is 10.1. The van der Waals surface area contributed by atoms with E-state index < -0.39 is 30.5 Å². The minimum Gasteiger partial charge on any atom is -0.464 e. The predicted molar refractivity (Wildman–Crippen MR) is 142 cm³/mol. The molecule has 3 heterocycles. The topological polar surface area (TPSA) is 110 Å². The molecule has 0 aliphatic carbocycles. The number of aromatic nitrogens is 3. The van der Waals surface area contributed by atoms with E-state index in [2.05, 4.69) is 20.6 Å². The van der Waals surface area contributed by atoms with E-state index in [1.807, 2.05) is 30.5 Å². The van der Waals surface area contributed by atoms with Crippen molar-refractivity contribution in [3.63, 3.8) is 0 Å². The maximum Gasteiger partial charge on any atom is 0.391 e. The molecule has 0 radical (unpaired) electrons. The number of carbonyl (C=O) groups excluding carboxylic acids is 2. The summed E-state index contributed by atoms with van der Waals surface area (Å²) in [4.78, 5) is 33.4. The van der Waals surface area contributed by atoms with Crippen molar-refractivity contribution in [2.45, 2.75) is 44.9 Å². The summed E-state index contributed by atoms with van der Waals surface area (Å²) in [6, 6.07) is 8.49. The van der Waals surface area contributed by atoms with Crippen molar-refractivity contribution in [2.75, 3.05) is 31.5 Å². The zero-order valence-corrected chi connectivity index (χ0v) is 21.8. The maximum absolute atomic E-state index is 13.0. The Labute approximate surface area is 222 Å². The van der Waals surface area contributed by atoms with Crippen LogP contribution in [-0.4, -0.2) is 59.5 Å². The number of anilines is 2. The summed E-state index contributed by atoms with van der Waals surface area (Å²) in [5.74, 6) is -1.09. The molecule has 1 aromatic carbocycles. The van der Waals surface area contributed by atoms with Crippen LogP contribution < -0.4 is 10.6 Å². The lowest BCUT2D eigenvalue weighted by molar-refractivity contribution is -0.136. The van der Waals surface area contributed by atoms with Gasteiger partial charge in [-0.2, -0.15) is 13.2 Å². The van der Waals surface area contributed by atoms with Gasteiger partial charge in [-0.15, -0.1) is 0 Å². The third-order valence-electron chi connectivity index (χ3n) is 6.31. The number of halogens is 3. The minimum atomic E-state index is -4.34. The van der Waals surface area contributed by atoms with Crippen LogP contribution in [-0.2, 0) is 27.2 Å². The van der Waals surface area contributed by atoms with Gasteiger partial charge in [0.15, 0.2) is 5.69 Å². The number of fused-ring (bicyclic) bond motifs is 2. The Morgan fingerprint density at radius 3 is 2.67 bits per heavy atom. The molecule has 1 atom stereocenters. The Hall–Kier alpha value is -4.06. The summed E-state index contributed by atoms with van der Waals surface area (Å²) >= 11 is 0. The molecule has 1 amide bonds. The first-order valence-corrected chi connectivity index (χ1v) is 12.4. The normalized spacial score (nSPS) is 12.6. The zero-order chi connectivity index (χ0) is 28.2. The number of esters is 1. The zero-order valence-electron chi connectivity index (χ0n) is 21.8. The molecule has 0 aliphatic heterocycles. The predicted octanol–water partition coefficient (Wildman–Crippen LogP) is 5.27. The van der Waals surface area contributed by atoms with E-state index in [1.165, 1.54) is 27.3 Å². The largest absolute Gasteiger partial charge is 0.464 e. The highest BCUT2D eigenvalue weighted by molar-refractivity contribution is 6.11. The van der Waals surface area contributed by atoms with Crippen LogP contribution in [0, 0.1) is 0 Å². The number of aryl methyl sites for hydroxylation is 2. The van der Waals surface area contributed by atoms with Crippen molar-refractivity contribution >= 4 is 45.2 Å². The van der Waals surface area contributed by atoms with Gasteiger partial charge in [-0.25, -0.2) is 9.78 Å². The fourth-order valence-corrected chi connectivity index (χ4v) is 4.61. The number of alkyl halides is 3. The first-order valence-electron chi connectivity index (χ1n) is 12.4. The van der Waals surface area contributed by atoms with Gasteiger partial charge in [0.25, 0.3) is 0 Å². The first kappa shape index (κ1) is 28.0. The number of methoxy groups -OCH3 is 2. The third-order valence-corrected chi connectivity index (χ3v) is 6.31. The van der Waals surface area contributed by atoms with E-state index in [9.17, 15) is 22.8 Å². The molecule has 9 nitrogen and oxygen atoms in total. The molecule has 39 heavy (non-hydrogen) atoms. The van der Waals surface area contributed by atoms with Crippen LogP contribution in [0.15, 0.2) is 42.7 Å². The number of benzene rings is 1. The summed E-state index contributed by atoms with van der Waals surface area (Å²) in [5.41, 5.74) is 2.96. The van der Waals surface area contributed by atoms with Gasteiger partial charge >= 0.3 is 12.1 Å². The van der Waals surface area contributed by atoms with Crippen molar-refractivity contribution in [2.24, 2.45) is 0 Å². The number of aromatic amines is 1. The van der Waals surface area contributed by atoms with Gasteiger partial charge in [0, 0.05) is 42.2 Å². The van der Waals surface area contributed by atoms with Gasteiger partial charge in [0.1, 0.15) is 5.65 Å². The average Bonchev–Trinajstić information content (AvgIpc) is 3.43. The Kier molecular flexibility index (Phi) is 8.44. The van der Waals surface area contributed by atoms with E-state index in [4.69, 9.17) is 9.47 Å². The van der Waals surface area contributed by atoms with Crippen LogP contribution in [0.4, 0.5) is 24.5 Å². The van der Waals surface area contributed by atoms with Crippen LogP contribution in [0.5, 0.6) is 0 Å².